The summed E-state index contributed by atoms with van der Waals surface area (Å²) >= 11 is 0. The first-order valence-electron chi connectivity index (χ1n) is 6.38. The molecule has 3 aromatic rings. The number of nitrogens with one attached hydrogen (secondary N) is 1. The highest BCUT2D eigenvalue weighted by Crippen LogP contribution is 2.31. The van der Waals surface area contributed by atoms with Crippen molar-refractivity contribution in [2.75, 3.05) is 0 Å². The highest BCUT2D eigenvalue weighted by molar-refractivity contribution is 6.10. The second-order valence-electron chi connectivity index (χ2n) is 4.63. The van der Waals surface area contributed by atoms with Crippen molar-refractivity contribution in [2.45, 2.75) is 6.92 Å². The quantitative estimate of drug-likeness (QED) is 0.298. The SMILES string of the molecule is Cc1cc(Oc2ccc(/C(N)=N/O)c3ccccc23)n[nH]1. The van der Waals surface area contributed by atoms with E-state index in [1.807, 2.05) is 37.3 Å². The number of nitrogens with two attached hydrogens (primary N) is 1. The van der Waals surface area contributed by atoms with Crippen molar-refractivity contribution < 1.29 is 9.94 Å². The molecule has 4 N–H and O–H groups in total. The van der Waals surface area contributed by atoms with E-state index in [1.165, 1.54) is 0 Å². The van der Waals surface area contributed by atoms with Crippen molar-refractivity contribution in [3.05, 3.63) is 53.7 Å². The second-order valence-corrected chi connectivity index (χ2v) is 4.63. The van der Waals surface area contributed by atoms with Crippen molar-refractivity contribution >= 4 is 16.6 Å². The molecule has 1 heterocycles. The molecule has 0 aliphatic carbocycles. The number of aromatic nitrogens is 2. The molecule has 0 amide bonds. The fourth-order valence-corrected chi connectivity index (χ4v) is 2.20. The van der Waals surface area contributed by atoms with Crippen LogP contribution in [0.4, 0.5) is 0 Å². The zero-order chi connectivity index (χ0) is 14.8. The van der Waals surface area contributed by atoms with E-state index in [-0.39, 0.29) is 5.84 Å². The van der Waals surface area contributed by atoms with Crippen LogP contribution in [0.5, 0.6) is 11.6 Å². The first-order chi connectivity index (χ1) is 10.2. The van der Waals surface area contributed by atoms with E-state index in [2.05, 4.69) is 15.4 Å². The minimum Gasteiger partial charge on any atom is -0.437 e. The molecule has 6 nitrogen and oxygen atoms in total. The number of aryl methyl sites for hydroxylation is 1. The largest absolute Gasteiger partial charge is 0.437 e. The number of benzene rings is 2. The van der Waals surface area contributed by atoms with Crippen LogP contribution in [0.25, 0.3) is 10.8 Å². The van der Waals surface area contributed by atoms with Gasteiger partial charge in [0.05, 0.1) is 0 Å². The maximum atomic E-state index is 8.87. The molecule has 0 fully saturated rings. The van der Waals surface area contributed by atoms with Crippen molar-refractivity contribution in [1.29, 1.82) is 0 Å². The highest BCUT2D eigenvalue weighted by Gasteiger charge is 2.11. The molecule has 0 bridgehead atoms. The smallest absolute Gasteiger partial charge is 0.238 e. The van der Waals surface area contributed by atoms with Gasteiger partial charge in [-0.25, -0.2) is 0 Å². The summed E-state index contributed by atoms with van der Waals surface area (Å²) in [4.78, 5) is 0. The molecule has 1 aromatic heterocycles. The Labute approximate surface area is 120 Å². The standard InChI is InChI=1S/C15H14N4O2/c1-9-8-14(18-17-9)21-13-7-6-12(15(16)19-20)10-4-2-3-5-11(10)13/h2-8,20H,1H3,(H2,16,19)(H,17,18). The van der Waals surface area contributed by atoms with Crippen LogP contribution < -0.4 is 10.5 Å². The molecule has 0 atom stereocenters. The summed E-state index contributed by atoms with van der Waals surface area (Å²) in [6.07, 6.45) is 0. The average molecular weight is 282 g/mol. The van der Waals surface area contributed by atoms with Gasteiger partial charge in [-0.05, 0) is 24.4 Å². The molecule has 106 valence electrons. The monoisotopic (exact) mass is 282 g/mol. The van der Waals surface area contributed by atoms with Gasteiger partial charge in [-0.1, -0.05) is 29.4 Å². The number of H-pyrrole nitrogens is 1. The molecular weight excluding hydrogens is 268 g/mol. The Morgan fingerprint density at radius 2 is 2.00 bits per heavy atom. The van der Waals surface area contributed by atoms with Gasteiger partial charge in [0.2, 0.25) is 5.88 Å². The van der Waals surface area contributed by atoms with Crippen molar-refractivity contribution in [1.82, 2.24) is 10.2 Å². The van der Waals surface area contributed by atoms with Gasteiger partial charge in [0, 0.05) is 22.7 Å². The third-order valence-electron chi connectivity index (χ3n) is 3.16. The van der Waals surface area contributed by atoms with Crippen LogP contribution >= 0.6 is 0 Å². The number of hydrogen-bond acceptors (Lipinski definition) is 4. The van der Waals surface area contributed by atoms with E-state index >= 15 is 0 Å². The lowest BCUT2D eigenvalue weighted by Gasteiger charge is -2.10. The maximum absolute atomic E-state index is 8.87. The van der Waals surface area contributed by atoms with Crippen molar-refractivity contribution in [2.24, 2.45) is 10.9 Å². The summed E-state index contributed by atoms with van der Waals surface area (Å²) in [6.45, 7) is 1.90. The zero-order valence-electron chi connectivity index (χ0n) is 11.4. The Morgan fingerprint density at radius 3 is 2.67 bits per heavy atom. The number of rotatable bonds is 3. The van der Waals surface area contributed by atoms with E-state index in [9.17, 15) is 0 Å². The Balaban J connectivity index is 2.13. The molecule has 0 unspecified atom stereocenters. The molecule has 21 heavy (non-hydrogen) atoms. The number of nitrogens with zero attached hydrogens (tertiary/aromatic N) is 2. The van der Waals surface area contributed by atoms with Crippen LogP contribution in [-0.4, -0.2) is 21.2 Å². The summed E-state index contributed by atoms with van der Waals surface area (Å²) in [6, 6.07) is 12.9. The summed E-state index contributed by atoms with van der Waals surface area (Å²) in [7, 11) is 0. The lowest BCUT2D eigenvalue weighted by atomic mass is 10.0. The lowest BCUT2D eigenvalue weighted by Crippen LogP contribution is -2.13. The zero-order valence-corrected chi connectivity index (χ0v) is 11.4. The number of aromatic amines is 1. The van der Waals surface area contributed by atoms with Crippen LogP contribution in [-0.2, 0) is 0 Å². The van der Waals surface area contributed by atoms with E-state index in [0.29, 0.717) is 17.2 Å². The summed E-state index contributed by atoms with van der Waals surface area (Å²) < 4.78 is 5.80. The van der Waals surface area contributed by atoms with Crippen LogP contribution in [0.2, 0.25) is 0 Å². The van der Waals surface area contributed by atoms with Gasteiger partial charge in [0.15, 0.2) is 5.84 Å². The fourth-order valence-electron chi connectivity index (χ4n) is 2.20. The summed E-state index contributed by atoms with van der Waals surface area (Å²) in [5.41, 5.74) is 7.28. The van der Waals surface area contributed by atoms with Crippen LogP contribution in [0.15, 0.2) is 47.6 Å². The normalized spacial score (nSPS) is 11.8. The van der Waals surface area contributed by atoms with E-state index in [0.717, 1.165) is 16.5 Å². The Bertz CT molecular complexity index is 823. The number of hydrogen-bond donors (Lipinski definition) is 3. The van der Waals surface area contributed by atoms with Gasteiger partial charge in [0.25, 0.3) is 0 Å². The van der Waals surface area contributed by atoms with E-state index < -0.39 is 0 Å². The minimum atomic E-state index is 0.0633. The molecule has 0 saturated heterocycles. The van der Waals surface area contributed by atoms with Gasteiger partial charge in [-0.15, -0.1) is 5.10 Å². The van der Waals surface area contributed by atoms with Crippen LogP contribution in [0.3, 0.4) is 0 Å². The third-order valence-corrected chi connectivity index (χ3v) is 3.16. The molecule has 0 aliphatic rings. The number of oxime groups is 1. The van der Waals surface area contributed by atoms with E-state index in [4.69, 9.17) is 15.7 Å². The highest BCUT2D eigenvalue weighted by atomic mass is 16.5. The molecular formula is C15H14N4O2. The van der Waals surface area contributed by atoms with Crippen molar-refractivity contribution in [3.8, 4) is 11.6 Å². The van der Waals surface area contributed by atoms with E-state index in [1.54, 1.807) is 12.1 Å². The van der Waals surface area contributed by atoms with Gasteiger partial charge < -0.3 is 15.7 Å². The number of ether oxygens (including phenoxy) is 1. The van der Waals surface area contributed by atoms with Crippen molar-refractivity contribution in [3.63, 3.8) is 0 Å². The Hall–Kier alpha value is -3.02. The average Bonchev–Trinajstić information content (AvgIpc) is 2.92. The molecule has 0 spiro atoms. The molecule has 3 rings (SSSR count). The molecule has 2 aromatic carbocycles. The molecule has 0 radical (unpaired) electrons. The van der Waals surface area contributed by atoms with Gasteiger partial charge in [0.1, 0.15) is 5.75 Å². The van der Waals surface area contributed by atoms with Gasteiger partial charge in [-0.2, -0.15) is 0 Å². The van der Waals surface area contributed by atoms with Gasteiger partial charge >= 0.3 is 0 Å². The molecule has 6 heteroatoms. The topological polar surface area (TPSA) is 96.5 Å². The lowest BCUT2D eigenvalue weighted by molar-refractivity contribution is 0.318. The summed E-state index contributed by atoms with van der Waals surface area (Å²) in [5, 5.41) is 20.5. The fraction of sp³-hybridized carbons (Fsp3) is 0.0667. The predicted molar refractivity (Wildman–Crippen MR) is 79.9 cm³/mol. The molecule has 0 saturated carbocycles. The summed E-state index contributed by atoms with van der Waals surface area (Å²) in [5.74, 6) is 1.22. The number of amidine groups is 1. The maximum Gasteiger partial charge on any atom is 0.238 e. The Morgan fingerprint density at radius 1 is 1.24 bits per heavy atom. The number of fused-ring (bicyclic) bond motifs is 1. The predicted octanol–water partition coefficient (Wildman–Crippen LogP) is 2.76. The van der Waals surface area contributed by atoms with Crippen LogP contribution in [0, 0.1) is 6.92 Å². The third kappa shape index (κ3) is 2.38. The first-order valence-corrected chi connectivity index (χ1v) is 6.38. The van der Waals surface area contributed by atoms with Crippen LogP contribution in [0.1, 0.15) is 11.3 Å². The van der Waals surface area contributed by atoms with Gasteiger partial charge in [-0.3, -0.25) is 5.10 Å². The molecule has 0 aliphatic heterocycles. The minimum absolute atomic E-state index is 0.0633. The first kappa shape index (κ1) is 13.0. The Kier molecular flexibility index (Phi) is 3.19. The second kappa shape index (κ2) is 5.16.